The largest absolute Gasteiger partial charge is 0.393 e. The number of para-hydroxylation sites is 1. The first-order chi connectivity index (χ1) is 17.8. The lowest BCUT2D eigenvalue weighted by molar-refractivity contribution is 0.101. The summed E-state index contributed by atoms with van der Waals surface area (Å²) in [5.41, 5.74) is 5.13. The number of aliphatic hydroxyl groups is 1. The van der Waals surface area contributed by atoms with E-state index in [-0.39, 0.29) is 17.8 Å². The molecule has 2 aromatic heterocycles. The molecule has 3 heterocycles. The number of aromatic nitrogens is 1. The molecule has 37 heavy (non-hydrogen) atoms. The maximum atomic E-state index is 13.7. The fraction of sp³-hybridized carbons (Fsp3) is 0.345. The third kappa shape index (κ3) is 4.61. The Bertz CT molecular complexity index is 1520. The quantitative estimate of drug-likeness (QED) is 0.322. The lowest BCUT2D eigenvalue weighted by Crippen LogP contribution is -2.36. The number of nitrogens with zero attached hydrogens (tertiary/aromatic N) is 2. The van der Waals surface area contributed by atoms with E-state index >= 15 is 0 Å². The van der Waals surface area contributed by atoms with E-state index in [1.54, 1.807) is 14.0 Å². The van der Waals surface area contributed by atoms with Crippen LogP contribution in [0.25, 0.3) is 21.0 Å². The summed E-state index contributed by atoms with van der Waals surface area (Å²) in [7, 11) is 1.63. The Morgan fingerprint density at radius 3 is 2.57 bits per heavy atom. The van der Waals surface area contributed by atoms with Crippen LogP contribution >= 0.6 is 11.3 Å². The van der Waals surface area contributed by atoms with Crippen LogP contribution in [-0.4, -0.2) is 48.1 Å². The number of Topliss-reactive ketones (excluding diaryl/α,β-unsaturated/α-hetero) is 1. The fourth-order valence-corrected chi connectivity index (χ4v) is 6.59. The van der Waals surface area contributed by atoms with Gasteiger partial charge in [-0.1, -0.05) is 24.3 Å². The molecular weight excluding hydrogens is 486 g/mol. The van der Waals surface area contributed by atoms with E-state index in [4.69, 9.17) is 9.72 Å². The first kappa shape index (κ1) is 25.3. The number of rotatable bonds is 6. The van der Waals surface area contributed by atoms with Crippen molar-refractivity contribution >= 4 is 55.5 Å². The van der Waals surface area contributed by atoms with Gasteiger partial charge in [0.15, 0.2) is 5.78 Å². The molecule has 1 saturated heterocycles. The number of nitrogens with one attached hydrogen (secondary N) is 1. The van der Waals surface area contributed by atoms with Gasteiger partial charge in [0.1, 0.15) is 5.82 Å². The zero-order valence-electron chi connectivity index (χ0n) is 21.6. The molecule has 0 radical (unpaired) electrons. The zero-order valence-corrected chi connectivity index (χ0v) is 22.4. The molecule has 2 aromatic carbocycles. The summed E-state index contributed by atoms with van der Waals surface area (Å²) in [6.45, 7) is 7.33. The van der Waals surface area contributed by atoms with E-state index in [0.29, 0.717) is 35.7 Å². The van der Waals surface area contributed by atoms with Crippen molar-refractivity contribution in [1.29, 1.82) is 0 Å². The van der Waals surface area contributed by atoms with E-state index in [9.17, 15) is 14.7 Å². The Morgan fingerprint density at radius 1 is 1.14 bits per heavy atom. The van der Waals surface area contributed by atoms with E-state index < -0.39 is 0 Å². The maximum Gasteiger partial charge on any atom is 0.267 e. The number of piperidine rings is 1. The summed E-state index contributed by atoms with van der Waals surface area (Å²) in [4.78, 5) is 33.6. The molecule has 0 bridgehead atoms. The van der Waals surface area contributed by atoms with Gasteiger partial charge in [0, 0.05) is 46.8 Å². The lowest BCUT2D eigenvalue weighted by atomic mass is 10.0. The van der Waals surface area contributed by atoms with Crippen molar-refractivity contribution in [1.82, 2.24) is 4.98 Å². The summed E-state index contributed by atoms with van der Waals surface area (Å²) in [5, 5.41) is 15.0. The number of ether oxygens (including phenoxy) is 1. The maximum absolute atomic E-state index is 13.7. The van der Waals surface area contributed by atoms with Gasteiger partial charge in [-0.2, -0.15) is 0 Å². The molecular formula is C29H31N3O4S. The smallest absolute Gasteiger partial charge is 0.267 e. The Hall–Kier alpha value is -3.33. The van der Waals surface area contributed by atoms with E-state index in [0.717, 1.165) is 56.5 Å². The summed E-state index contributed by atoms with van der Waals surface area (Å²) in [6, 6.07) is 11.7. The third-order valence-electron chi connectivity index (χ3n) is 7.16. The normalized spacial score (nSPS) is 14.5. The Kier molecular flexibility index (Phi) is 6.98. The average molecular weight is 518 g/mol. The minimum Gasteiger partial charge on any atom is -0.393 e. The van der Waals surface area contributed by atoms with Crippen molar-refractivity contribution < 1.29 is 19.4 Å². The number of benzene rings is 2. The number of pyridine rings is 1. The molecule has 1 aliphatic heterocycles. The van der Waals surface area contributed by atoms with E-state index in [1.165, 1.54) is 11.3 Å². The van der Waals surface area contributed by atoms with Crippen molar-refractivity contribution in [2.24, 2.45) is 0 Å². The van der Waals surface area contributed by atoms with Gasteiger partial charge in [-0.05, 0) is 56.9 Å². The number of amides is 1. The van der Waals surface area contributed by atoms with Crippen LogP contribution in [0.5, 0.6) is 0 Å². The zero-order chi connectivity index (χ0) is 26.3. The van der Waals surface area contributed by atoms with Gasteiger partial charge < -0.3 is 20.1 Å². The number of aliphatic hydroxyl groups excluding tert-OH is 1. The molecule has 0 atom stereocenters. The van der Waals surface area contributed by atoms with Gasteiger partial charge in [-0.15, -0.1) is 11.3 Å². The third-order valence-corrected chi connectivity index (χ3v) is 8.49. The summed E-state index contributed by atoms with van der Waals surface area (Å²) >= 11 is 1.33. The SMILES string of the molecule is COCc1ccc(C(C)=O)c2sc(C(=O)Nc3nc4ccccc4c(N4CCC(O)CC4)c3C)c(C)c12. The van der Waals surface area contributed by atoms with Crippen LogP contribution < -0.4 is 10.2 Å². The monoisotopic (exact) mass is 517 g/mol. The first-order valence-corrected chi connectivity index (χ1v) is 13.3. The number of thiophene rings is 1. The predicted molar refractivity (Wildman–Crippen MR) is 149 cm³/mol. The molecule has 8 heteroatoms. The minimum atomic E-state index is -0.275. The lowest BCUT2D eigenvalue weighted by Gasteiger charge is -2.33. The molecule has 0 aliphatic carbocycles. The molecule has 2 N–H and O–H groups in total. The number of ketones is 1. The summed E-state index contributed by atoms with van der Waals surface area (Å²) in [6.07, 6.45) is 1.14. The highest BCUT2D eigenvalue weighted by Crippen LogP contribution is 2.38. The molecule has 4 aromatic rings. The van der Waals surface area contributed by atoms with Crippen LogP contribution in [0.3, 0.4) is 0 Å². The second-order valence-electron chi connectivity index (χ2n) is 9.65. The topological polar surface area (TPSA) is 91.8 Å². The average Bonchev–Trinajstić information content (AvgIpc) is 3.23. The molecule has 1 fully saturated rings. The minimum absolute atomic E-state index is 0.0366. The molecule has 1 amide bonds. The van der Waals surface area contributed by atoms with E-state index in [1.807, 2.05) is 44.2 Å². The molecule has 0 unspecified atom stereocenters. The van der Waals surface area contributed by atoms with Crippen molar-refractivity contribution in [3.63, 3.8) is 0 Å². The highest BCUT2D eigenvalue weighted by Gasteiger charge is 2.25. The molecule has 5 rings (SSSR count). The molecule has 7 nitrogen and oxygen atoms in total. The number of carbonyl (C=O) groups is 2. The van der Waals surface area contributed by atoms with Gasteiger partial charge >= 0.3 is 0 Å². The summed E-state index contributed by atoms with van der Waals surface area (Å²) in [5.74, 6) is 0.235. The molecule has 192 valence electrons. The fourth-order valence-electron chi connectivity index (χ4n) is 5.28. The number of anilines is 2. The first-order valence-electron chi connectivity index (χ1n) is 12.5. The molecule has 1 aliphatic rings. The van der Waals surface area contributed by atoms with Crippen molar-refractivity contribution in [3.05, 3.63) is 63.5 Å². The predicted octanol–water partition coefficient (Wildman–Crippen LogP) is 5.63. The Labute approximate surface area is 220 Å². The number of aryl methyl sites for hydroxylation is 1. The number of carbonyl (C=O) groups excluding carboxylic acids is 2. The van der Waals surface area contributed by atoms with Crippen LogP contribution in [0.15, 0.2) is 36.4 Å². The van der Waals surface area contributed by atoms with Gasteiger partial charge in [0.25, 0.3) is 5.91 Å². The number of hydrogen-bond acceptors (Lipinski definition) is 7. The van der Waals surface area contributed by atoms with Crippen molar-refractivity contribution in [3.8, 4) is 0 Å². The number of hydrogen-bond donors (Lipinski definition) is 2. The van der Waals surface area contributed by atoms with Crippen LogP contribution in [0.2, 0.25) is 0 Å². The Balaban J connectivity index is 1.58. The second kappa shape index (κ2) is 10.2. The molecule has 0 spiro atoms. The van der Waals surface area contributed by atoms with Gasteiger partial charge in [0.05, 0.1) is 28.8 Å². The van der Waals surface area contributed by atoms with Gasteiger partial charge in [-0.25, -0.2) is 4.98 Å². The van der Waals surface area contributed by atoms with E-state index in [2.05, 4.69) is 16.3 Å². The van der Waals surface area contributed by atoms with Gasteiger partial charge in [0.2, 0.25) is 0 Å². The van der Waals surface area contributed by atoms with Crippen LogP contribution in [0.1, 0.15) is 56.5 Å². The van der Waals surface area contributed by atoms with Crippen LogP contribution in [0.4, 0.5) is 11.5 Å². The standard InChI is InChI=1S/C29H31N3O4S/c1-16-24-19(15-36-4)9-10-21(18(3)33)27(24)37-26(16)29(35)31-28-17(2)25(32-13-11-20(34)12-14-32)22-7-5-6-8-23(22)30-28/h5-10,20,34H,11-15H2,1-4H3,(H,30,31,35). The highest BCUT2D eigenvalue weighted by atomic mass is 32.1. The van der Waals surface area contributed by atoms with Crippen molar-refractivity contribution in [2.75, 3.05) is 30.4 Å². The van der Waals surface area contributed by atoms with Crippen LogP contribution in [0, 0.1) is 13.8 Å². The summed E-state index contributed by atoms with van der Waals surface area (Å²) < 4.78 is 6.19. The van der Waals surface area contributed by atoms with Crippen molar-refractivity contribution in [2.45, 2.75) is 46.3 Å². The second-order valence-corrected chi connectivity index (χ2v) is 10.7. The van der Waals surface area contributed by atoms with Crippen LogP contribution in [-0.2, 0) is 11.3 Å². The molecule has 0 saturated carbocycles. The highest BCUT2D eigenvalue weighted by molar-refractivity contribution is 7.21. The number of methoxy groups -OCH3 is 1. The van der Waals surface area contributed by atoms with Gasteiger partial charge in [-0.3, -0.25) is 9.59 Å². The Morgan fingerprint density at radius 2 is 1.86 bits per heavy atom. The number of fused-ring (bicyclic) bond motifs is 2.